The molecule has 2 aromatic heterocycles. The lowest BCUT2D eigenvalue weighted by atomic mass is 10.2. The summed E-state index contributed by atoms with van der Waals surface area (Å²) in [6.45, 7) is 9.54. The molecule has 1 fully saturated rings. The number of hydrogen-bond acceptors (Lipinski definition) is 7. The maximum absolute atomic E-state index is 13.2. The van der Waals surface area contributed by atoms with E-state index in [1.807, 2.05) is 13.8 Å². The second kappa shape index (κ2) is 8.65. The van der Waals surface area contributed by atoms with Gasteiger partial charge in [0.1, 0.15) is 6.23 Å². The largest absolute Gasteiger partial charge is 0.350 e. The number of rotatable bonds is 7. The minimum absolute atomic E-state index is 0.119. The number of aromatic amines is 1. The fourth-order valence-corrected chi connectivity index (χ4v) is 5.33. The average Bonchev–Trinajstić information content (AvgIpc) is 3.11. The van der Waals surface area contributed by atoms with Crippen molar-refractivity contribution in [2.24, 2.45) is 0 Å². The van der Waals surface area contributed by atoms with Crippen LogP contribution in [0.25, 0.3) is 11.2 Å². The molecule has 1 saturated heterocycles. The smallest absolute Gasteiger partial charge is 0.278 e. The van der Waals surface area contributed by atoms with Crippen LogP contribution in [0.5, 0.6) is 0 Å². The molecular formula is C18H31N6O4P. The normalized spacial score (nSPS) is 23.3. The third-order valence-corrected chi connectivity index (χ3v) is 8.18. The molecule has 0 amide bonds. The lowest BCUT2D eigenvalue weighted by molar-refractivity contribution is -0.136. The highest BCUT2D eigenvalue weighted by molar-refractivity contribution is 7.57. The quantitative estimate of drug-likeness (QED) is 0.670. The third-order valence-electron chi connectivity index (χ3n) is 5.24. The molecule has 1 N–H and O–H groups in total. The fraction of sp³-hybridized carbons (Fsp3) is 0.722. The van der Waals surface area contributed by atoms with Crippen LogP contribution in [-0.2, 0) is 13.8 Å². The molecule has 2 aromatic rings. The second-order valence-corrected chi connectivity index (χ2v) is 11.3. The van der Waals surface area contributed by atoms with Crippen LogP contribution in [0.15, 0.2) is 17.4 Å². The van der Waals surface area contributed by atoms with Gasteiger partial charge in [-0.25, -0.2) is 14.6 Å². The topological polar surface area (TPSA) is 106 Å². The van der Waals surface area contributed by atoms with Gasteiger partial charge in [-0.3, -0.25) is 18.8 Å². The van der Waals surface area contributed by atoms with Crippen LogP contribution in [0.3, 0.4) is 0 Å². The van der Waals surface area contributed by atoms with E-state index in [9.17, 15) is 9.36 Å². The molecule has 0 radical (unpaired) electrons. The van der Waals surface area contributed by atoms with Gasteiger partial charge in [0.15, 0.2) is 11.2 Å². The molecule has 0 spiro atoms. The van der Waals surface area contributed by atoms with Crippen LogP contribution in [0.4, 0.5) is 0 Å². The number of nitrogens with zero attached hydrogens (tertiary/aromatic N) is 5. The maximum Gasteiger partial charge on any atom is 0.278 e. The van der Waals surface area contributed by atoms with Gasteiger partial charge in [0.2, 0.25) is 0 Å². The van der Waals surface area contributed by atoms with Gasteiger partial charge in [-0.2, -0.15) is 0 Å². The van der Waals surface area contributed by atoms with Gasteiger partial charge in [0.05, 0.1) is 25.4 Å². The fourth-order valence-electron chi connectivity index (χ4n) is 3.50. The Morgan fingerprint density at radius 1 is 1.31 bits per heavy atom. The Morgan fingerprint density at radius 2 is 2.03 bits per heavy atom. The van der Waals surface area contributed by atoms with E-state index in [0.717, 1.165) is 0 Å². The molecule has 1 aliphatic heterocycles. The van der Waals surface area contributed by atoms with Crippen LogP contribution < -0.4 is 5.56 Å². The van der Waals surface area contributed by atoms with Crippen molar-refractivity contribution in [3.05, 3.63) is 23.0 Å². The van der Waals surface area contributed by atoms with E-state index < -0.39 is 7.52 Å². The third kappa shape index (κ3) is 4.46. The molecule has 1 unspecified atom stereocenters. The number of nitrogens with one attached hydrogen (secondary N) is 1. The van der Waals surface area contributed by atoms with E-state index in [2.05, 4.69) is 33.7 Å². The van der Waals surface area contributed by atoms with Crippen molar-refractivity contribution < 1.29 is 13.8 Å². The SMILES string of the molecule is CC(C)N1C[C@@H](COP(=O)(C(C)C)N(C)C)O[C@@H](n2cnc3c(=O)[nH]cnc32)C1. The van der Waals surface area contributed by atoms with Crippen molar-refractivity contribution in [1.82, 2.24) is 29.1 Å². The van der Waals surface area contributed by atoms with Crippen LogP contribution in [0, 0.1) is 0 Å². The van der Waals surface area contributed by atoms with Crippen LogP contribution >= 0.6 is 7.52 Å². The van der Waals surface area contributed by atoms with Crippen molar-refractivity contribution >= 4 is 18.7 Å². The zero-order chi connectivity index (χ0) is 21.3. The van der Waals surface area contributed by atoms with Crippen molar-refractivity contribution in [1.29, 1.82) is 0 Å². The Morgan fingerprint density at radius 3 is 2.66 bits per heavy atom. The van der Waals surface area contributed by atoms with Gasteiger partial charge in [0, 0.05) is 24.8 Å². The molecular weight excluding hydrogens is 395 g/mol. The number of fused-ring (bicyclic) bond motifs is 1. The van der Waals surface area contributed by atoms with Crippen molar-refractivity contribution in [3.8, 4) is 0 Å². The zero-order valence-electron chi connectivity index (χ0n) is 17.9. The maximum atomic E-state index is 13.2. The molecule has 11 heteroatoms. The lowest BCUT2D eigenvalue weighted by Crippen LogP contribution is -2.50. The van der Waals surface area contributed by atoms with Gasteiger partial charge in [0.25, 0.3) is 13.1 Å². The van der Waals surface area contributed by atoms with Crippen molar-refractivity contribution in [2.75, 3.05) is 33.8 Å². The summed E-state index contributed by atoms with van der Waals surface area (Å²) in [4.78, 5) is 25.2. The second-order valence-electron chi connectivity index (χ2n) is 8.12. The monoisotopic (exact) mass is 426 g/mol. The van der Waals surface area contributed by atoms with E-state index in [1.54, 1.807) is 29.7 Å². The first-order valence-electron chi connectivity index (χ1n) is 9.85. The Labute approximate surface area is 170 Å². The molecule has 10 nitrogen and oxygen atoms in total. The molecule has 162 valence electrons. The molecule has 1 aliphatic rings. The molecule has 29 heavy (non-hydrogen) atoms. The average molecular weight is 426 g/mol. The Kier molecular flexibility index (Phi) is 6.60. The molecule has 0 saturated carbocycles. The van der Waals surface area contributed by atoms with E-state index in [4.69, 9.17) is 9.26 Å². The van der Waals surface area contributed by atoms with Gasteiger partial charge in [-0.05, 0) is 27.9 Å². The lowest BCUT2D eigenvalue weighted by Gasteiger charge is -2.41. The first-order chi connectivity index (χ1) is 13.6. The minimum Gasteiger partial charge on any atom is -0.350 e. The van der Waals surface area contributed by atoms with E-state index in [0.29, 0.717) is 24.8 Å². The summed E-state index contributed by atoms with van der Waals surface area (Å²) in [5, 5.41) is 0. The summed E-state index contributed by atoms with van der Waals surface area (Å²) in [5.74, 6) is 0. The Bertz CT molecular complexity index is 928. The predicted molar refractivity (Wildman–Crippen MR) is 111 cm³/mol. The highest BCUT2D eigenvalue weighted by atomic mass is 31.2. The first-order valence-corrected chi connectivity index (χ1v) is 11.5. The molecule has 0 bridgehead atoms. The Balaban J connectivity index is 1.83. The summed E-state index contributed by atoms with van der Waals surface area (Å²) in [6, 6.07) is 0.292. The summed E-state index contributed by atoms with van der Waals surface area (Å²) in [6.07, 6.45) is 2.29. The van der Waals surface area contributed by atoms with Crippen LogP contribution in [-0.4, -0.2) is 80.7 Å². The summed E-state index contributed by atoms with van der Waals surface area (Å²) >= 11 is 0. The van der Waals surface area contributed by atoms with Crippen molar-refractivity contribution in [3.63, 3.8) is 0 Å². The molecule has 3 rings (SSSR count). The van der Waals surface area contributed by atoms with Crippen LogP contribution in [0.1, 0.15) is 33.9 Å². The summed E-state index contributed by atoms with van der Waals surface area (Å²) in [7, 11) is 0.600. The number of hydrogen-bond donors (Lipinski definition) is 1. The van der Waals surface area contributed by atoms with Gasteiger partial charge < -0.3 is 14.2 Å². The van der Waals surface area contributed by atoms with Crippen LogP contribution in [0.2, 0.25) is 0 Å². The number of morpholine rings is 1. The molecule has 0 aliphatic carbocycles. The molecule has 3 heterocycles. The number of H-pyrrole nitrogens is 1. The first kappa shape index (κ1) is 22.1. The molecule has 3 atom stereocenters. The number of aromatic nitrogens is 4. The predicted octanol–water partition coefficient (Wildman–Crippen LogP) is 1.91. The highest BCUT2D eigenvalue weighted by Crippen LogP contribution is 2.53. The van der Waals surface area contributed by atoms with Gasteiger partial charge in [-0.15, -0.1) is 0 Å². The molecule has 0 aromatic carbocycles. The van der Waals surface area contributed by atoms with E-state index in [1.165, 1.54) is 6.33 Å². The number of imidazole rings is 1. The Hall–Kier alpha value is -1.58. The van der Waals surface area contributed by atoms with Crippen molar-refractivity contribution in [2.45, 2.75) is 51.7 Å². The van der Waals surface area contributed by atoms with Gasteiger partial charge in [-0.1, -0.05) is 13.8 Å². The minimum atomic E-state index is -2.94. The zero-order valence-corrected chi connectivity index (χ0v) is 18.8. The van der Waals surface area contributed by atoms with Gasteiger partial charge >= 0.3 is 0 Å². The van der Waals surface area contributed by atoms with E-state index in [-0.39, 0.29) is 35.7 Å². The summed E-state index contributed by atoms with van der Waals surface area (Å²) < 4.78 is 28.8. The summed E-state index contributed by atoms with van der Waals surface area (Å²) in [5.41, 5.74) is 0.355. The number of ether oxygens (including phenoxy) is 1. The standard InChI is InChI=1S/C18H31N6O4P/c1-12(2)23-7-14(9-27-29(26,13(3)4)22(5)6)28-15(8-23)24-11-21-16-17(24)19-10-20-18(16)25/h10-15H,7-9H2,1-6H3,(H,19,20,25)/t14-,15+,29?/m0/s1. The van der Waals surface area contributed by atoms with E-state index >= 15 is 0 Å². The highest BCUT2D eigenvalue weighted by Gasteiger charge is 2.36.